The van der Waals surface area contributed by atoms with Gasteiger partial charge in [0.2, 0.25) is 0 Å². The van der Waals surface area contributed by atoms with Crippen molar-refractivity contribution in [3.05, 3.63) is 57.7 Å². The molecule has 0 amide bonds. The van der Waals surface area contributed by atoms with Crippen LogP contribution in [0.25, 0.3) is 0 Å². The van der Waals surface area contributed by atoms with E-state index in [0.717, 1.165) is 9.13 Å². The van der Waals surface area contributed by atoms with Gasteiger partial charge in [0.15, 0.2) is 0 Å². The molecule has 0 radical (unpaired) electrons. The van der Waals surface area contributed by atoms with Crippen LogP contribution in [-0.2, 0) is 17.1 Å². The standard InChI is InChI=1S/C7H8IO.C5H5.Fe/c1-5(9)6-3-2-4-7(6)8;1-2-4-5-3-1;/h2-5,9H,1H3;1-5H;/q-1;-5;/t5-;;/m0../s1. The second-order valence-corrected chi connectivity index (χ2v) is 4.13. The number of hydrogen-bond acceptors (Lipinski definition) is 1. The summed E-state index contributed by atoms with van der Waals surface area (Å²) in [7, 11) is 0. The number of aliphatic hydroxyl groups excluding tert-OH is 1. The maximum Gasteiger partial charge on any atom is 0.0332 e. The molecule has 0 fully saturated rings. The molecule has 0 aliphatic rings. The minimum Gasteiger partial charge on any atom is -0.748 e. The van der Waals surface area contributed by atoms with E-state index < -0.39 is 0 Å². The van der Waals surface area contributed by atoms with Gasteiger partial charge in [-0.3, -0.25) is 0 Å². The van der Waals surface area contributed by atoms with Crippen molar-refractivity contribution in [1.29, 1.82) is 0 Å². The van der Waals surface area contributed by atoms with Crippen molar-refractivity contribution in [2.24, 2.45) is 0 Å². The first-order chi connectivity index (χ1) is 6.72. The number of halogens is 1. The van der Waals surface area contributed by atoms with Crippen molar-refractivity contribution in [1.82, 2.24) is 0 Å². The molecule has 2 aromatic rings. The molecule has 1 atom stereocenters. The van der Waals surface area contributed by atoms with Gasteiger partial charge in [0.25, 0.3) is 0 Å². The fourth-order valence-electron chi connectivity index (χ4n) is 1.07. The van der Waals surface area contributed by atoms with Crippen LogP contribution in [0.5, 0.6) is 0 Å². The van der Waals surface area contributed by atoms with Crippen LogP contribution >= 0.6 is 22.6 Å². The summed E-state index contributed by atoms with van der Waals surface area (Å²) in [4.78, 5) is 0. The van der Waals surface area contributed by atoms with Crippen molar-refractivity contribution < 1.29 is 22.2 Å². The molecule has 2 rings (SSSR count). The molecule has 1 nitrogen and oxygen atoms in total. The molecule has 2 aromatic carbocycles. The summed E-state index contributed by atoms with van der Waals surface area (Å²) in [5.41, 5.74) is 1.02. The van der Waals surface area contributed by atoms with Crippen LogP contribution in [0, 0.1) is 3.57 Å². The SMILES string of the molecule is C[C@H](O)[c-]1cccc1I.[Fe].[cH-]1[cH-][cH-][cH-][cH-]1. The predicted octanol–water partition coefficient (Wildman–Crippen LogP) is 3.47. The molecule has 0 unspecified atom stereocenters. The molecule has 0 heterocycles. The van der Waals surface area contributed by atoms with Gasteiger partial charge in [-0.2, -0.15) is 6.07 Å². The topological polar surface area (TPSA) is 20.2 Å². The first kappa shape index (κ1) is 14.9. The molecule has 1 N–H and O–H groups in total. The average molecular weight is 356 g/mol. The van der Waals surface area contributed by atoms with Crippen molar-refractivity contribution in [2.75, 3.05) is 0 Å². The van der Waals surface area contributed by atoms with Gasteiger partial charge in [0, 0.05) is 23.2 Å². The van der Waals surface area contributed by atoms with Gasteiger partial charge < -0.3 is 35.4 Å². The molecule has 3 heteroatoms. The monoisotopic (exact) mass is 356 g/mol. The fraction of sp³-hybridized carbons (Fsp3) is 0.167. The molecule has 0 aromatic heterocycles. The van der Waals surface area contributed by atoms with Crippen LogP contribution in [0.4, 0.5) is 0 Å². The van der Waals surface area contributed by atoms with Crippen LogP contribution in [0.1, 0.15) is 18.6 Å². The van der Waals surface area contributed by atoms with Gasteiger partial charge in [-0.1, -0.05) is 22.6 Å². The van der Waals surface area contributed by atoms with Crippen LogP contribution in [-0.4, -0.2) is 5.11 Å². The predicted molar refractivity (Wildman–Crippen MR) is 67.4 cm³/mol. The number of hydrogen-bond donors (Lipinski definition) is 1. The third kappa shape index (κ3) is 5.52. The summed E-state index contributed by atoms with van der Waals surface area (Å²) in [6, 6.07) is 15.9. The third-order valence-electron chi connectivity index (χ3n) is 1.80. The van der Waals surface area contributed by atoms with Gasteiger partial charge in [0.1, 0.15) is 0 Å². The minimum atomic E-state index is -0.327. The van der Waals surface area contributed by atoms with Crippen LogP contribution in [0.15, 0.2) is 48.5 Å². The van der Waals surface area contributed by atoms with Crippen molar-refractivity contribution >= 4 is 22.6 Å². The van der Waals surface area contributed by atoms with E-state index in [-0.39, 0.29) is 23.2 Å². The average Bonchev–Trinajstić information content (AvgIpc) is 2.74. The minimum absolute atomic E-state index is 0. The molecular formula is C12H13FeIO-6. The first-order valence-corrected chi connectivity index (χ1v) is 5.55. The van der Waals surface area contributed by atoms with Crippen LogP contribution < -0.4 is 0 Å². The molecule has 0 saturated carbocycles. The maximum atomic E-state index is 9.09. The van der Waals surface area contributed by atoms with E-state index in [1.807, 2.05) is 48.5 Å². The molecule has 88 valence electrons. The zero-order valence-electron chi connectivity index (χ0n) is 8.37. The third-order valence-corrected chi connectivity index (χ3v) is 2.78. The Morgan fingerprint density at radius 1 is 1.27 bits per heavy atom. The Labute approximate surface area is 115 Å². The van der Waals surface area contributed by atoms with Crippen molar-refractivity contribution in [3.63, 3.8) is 0 Å². The van der Waals surface area contributed by atoms with E-state index in [4.69, 9.17) is 5.11 Å². The van der Waals surface area contributed by atoms with Gasteiger partial charge in [0.05, 0.1) is 0 Å². The Morgan fingerprint density at radius 3 is 1.93 bits per heavy atom. The fourth-order valence-corrected chi connectivity index (χ4v) is 1.91. The van der Waals surface area contributed by atoms with Gasteiger partial charge in [-0.15, -0.1) is 9.13 Å². The molecule has 0 aliphatic carbocycles. The normalized spacial score (nSPS) is 10.9. The van der Waals surface area contributed by atoms with Crippen molar-refractivity contribution in [3.8, 4) is 0 Å². The Balaban J connectivity index is 0.000000280. The Bertz CT molecular complexity index is 321. The van der Waals surface area contributed by atoms with E-state index >= 15 is 0 Å². The number of aliphatic hydroxyl groups is 1. The second-order valence-electron chi connectivity index (χ2n) is 2.97. The van der Waals surface area contributed by atoms with Gasteiger partial charge in [-0.25, -0.2) is 12.1 Å². The zero-order valence-corrected chi connectivity index (χ0v) is 11.6. The van der Waals surface area contributed by atoms with E-state index in [9.17, 15) is 0 Å². The molecule has 0 spiro atoms. The van der Waals surface area contributed by atoms with Crippen molar-refractivity contribution in [2.45, 2.75) is 13.0 Å². The first-order valence-electron chi connectivity index (χ1n) is 4.47. The molecular weight excluding hydrogens is 343 g/mol. The van der Waals surface area contributed by atoms with E-state index in [2.05, 4.69) is 22.6 Å². The van der Waals surface area contributed by atoms with E-state index in [1.54, 1.807) is 6.92 Å². The van der Waals surface area contributed by atoms with Crippen LogP contribution in [0.3, 0.4) is 0 Å². The van der Waals surface area contributed by atoms with Crippen LogP contribution in [0.2, 0.25) is 0 Å². The summed E-state index contributed by atoms with van der Waals surface area (Å²) in [6.45, 7) is 1.78. The Kier molecular flexibility index (Phi) is 8.06. The zero-order chi connectivity index (χ0) is 10.4. The largest absolute Gasteiger partial charge is 0.748 e. The summed E-state index contributed by atoms with van der Waals surface area (Å²) < 4.78 is 1.14. The van der Waals surface area contributed by atoms with Gasteiger partial charge >= 0.3 is 0 Å². The summed E-state index contributed by atoms with van der Waals surface area (Å²) in [5, 5.41) is 9.09. The Hall–Kier alpha value is -0.0905. The van der Waals surface area contributed by atoms with Gasteiger partial charge in [-0.05, 0) is 6.92 Å². The molecule has 0 saturated heterocycles. The molecule has 15 heavy (non-hydrogen) atoms. The summed E-state index contributed by atoms with van der Waals surface area (Å²) in [6.07, 6.45) is -0.327. The summed E-state index contributed by atoms with van der Waals surface area (Å²) in [5.74, 6) is 0. The molecule has 0 bridgehead atoms. The van der Waals surface area contributed by atoms with E-state index in [0.29, 0.717) is 0 Å². The maximum absolute atomic E-state index is 9.09. The van der Waals surface area contributed by atoms with E-state index in [1.165, 1.54) is 0 Å². The summed E-state index contributed by atoms with van der Waals surface area (Å²) >= 11 is 2.21. The Morgan fingerprint density at radius 2 is 1.73 bits per heavy atom. The second kappa shape index (κ2) is 8.11. The number of rotatable bonds is 1. The smallest absolute Gasteiger partial charge is 0.0332 e. The quantitative estimate of drug-likeness (QED) is 0.472. The molecule has 0 aliphatic heterocycles.